The van der Waals surface area contributed by atoms with Crippen molar-refractivity contribution in [2.75, 3.05) is 13.1 Å². The van der Waals surface area contributed by atoms with Gasteiger partial charge >= 0.3 is 5.97 Å². The predicted molar refractivity (Wildman–Crippen MR) is 126 cm³/mol. The standard InChI is InChI=1S/C22H36N2O7S2/c1-15(2)9-10-18(25)24(14-22(5,6)12-19(26)31-16(3)4)13-17(21(27)23-28)33(29,30)20-8-7-11-32-20/h7-8,11,15-17,28H,9-10,12-14H2,1-6H3,(H,23,27)/t17-/m1/s1. The molecular formula is C22H36N2O7S2. The molecule has 0 aliphatic heterocycles. The molecule has 1 aromatic heterocycles. The fraction of sp³-hybridized carbons (Fsp3) is 0.682. The SMILES string of the molecule is CC(C)CCC(=O)N(C[C@H](C(=O)NO)S(=O)(=O)c1cccs1)CC(C)(C)CC(=O)OC(C)C. The molecule has 0 spiro atoms. The lowest BCUT2D eigenvalue weighted by molar-refractivity contribution is -0.151. The topological polar surface area (TPSA) is 130 Å². The average molecular weight is 505 g/mol. The molecule has 0 radical (unpaired) electrons. The summed E-state index contributed by atoms with van der Waals surface area (Å²) in [6, 6.07) is 2.91. The first-order chi connectivity index (χ1) is 15.2. The smallest absolute Gasteiger partial charge is 0.306 e. The Bertz CT molecular complexity index is 894. The van der Waals surface area contributed by atoms with Gasteiger partial charge in [-0.15, -0.1) is 11.3 Å². The third-order valence-corrected chi connectivity index (χ3v) is 8.29. The highest BCUT2D eigenvalue weighted by Gasteiger charge is 2.39. The predicted octanol–water partition coefficient (Wildman–Crippen LogP) is 3.03. The van der Waals surface area contributed by atoms with Crippen LogP contribution < -0.4 is 5.48 Å². The van der Waals surface area contributed by atoms with E-state index < -0.39 is 38.9 Å². The lowest BCUT2D eigenvalue weighted by Crippen LogP contribution is -2.50. The van der Waals surface area contributed by atoms with E-state index in [1.54, 1.807) is 39.1 Å². The highest BCUT2D eigenvalue weighted by Crippen LogP contribution is 2.27. The molecule has 188 valence electrons. The van der Waals surface area contributed by atoms with Gasteiger partial charge in [0.2, 0.25) is 15.7 Å². The van der Waals surface area contributed by atoms with Gasteiger partial charge in [-0.2, -0.15) is 0 Å². The van der Waals surface area contributed by atoms with E-state index in [0.29, 0.717) is 6.42 Å². The molecule has 1 atom stereocenters. The molecule has 1 rings (SSSR count). The van der Waals surface area contributed by atoms with Gasteiger partial charge in [-0.1, -0.05) is 33.8 Å². The number of hydroxylamine groups is 1. The molecule has 1 heterocycles. The summed E-state index contributed by atoms with van der Waals surface area (Å²) < 4.78 is 31.4. The molecule has 0 saturated heterocycles. The molecule has 11 heteroatoms. The fourth-order valence-corrected chi connectivity index (χ4v) is 6.01. The Morgan fingerprint density at radius 2 is 1.85 bits per heavy atom. The summed E-state index contributed by atoms with van der Waals surface area (Å²) in [4.78, 5) is 39.0. The summed E-state index contributed by atoms with van der Waals surface area (Å²) in [5.74, 6) is -1.63. The summed E-state index contributed by atoms with van der Waals surface area (Å²) in [5.41, 5.74) is 0.675. The van der Waals surface area contributed by atoms with Crippen LogP contribution in [0.25, 0.3) is 0 Å². The number of carbonyl (C=O) groups is 3. The molecule has 1 aromatic rings. The van der Waals surface area contributed by atoms with Gasteiger partial charge in [0.15, 0.2) is 5.25 Å². The molecule has 2 amide bonds. The average Bonchev–Trinajstić information content (AvgIpc) is 3.22. The van der Waals surface area contributed by atoms with E-state index >= 15 is 0 Å². The van der Waals surface area contributed by atoms with Gasteiger partial charge in [-0.25, -0.2) is 13.9 Å². The number of carbonyl (C=O) groups excluding carboxylic acids is 3. The molecular weight excluding hydrogens is 468 g/mol. The Morgan fingerprint density at radius 3 is 2.33 bits per heavy atom. The van der Waals surface area contributed by atoms with Gasteiger partial charge in [0, 0.05) is 19.5 Å². The van der Waals surface area contributed by atoms with Gasteiger partial charge < -0.3 is 9.64 Å². The van der Waals surface area contributed by atoms with Crippen LogP contribution in [0.15, 0.2) is 21.7 Å². The molecule has 2 N–H and O–H groups in total. The third-order valence-electron chi connectivity index (χ3n) is 4.84. The van der Waals surface area contributed by atoms with Gasteiger partial charge in [0.1, 0.15) is 4.21 Å². The monoisotopic (exact) mass is 504 g/mol. The number of amides is 2. The Balaban J connectivity index is 3.23. The number of rotatable bonds is 13. The summed E-state index contributed by atoms with van der Waals surface area (Å²) in [6.07, 6.45) is 0.468. The highest BCUT2D eigenvalue weighted by atomic mass is 32.2. The zero-order chi connectivity index (χ0) is 25.4. The number of nitrogens with zero attached hydrogens (tertiary/aromatic N) is 1. The van der Waals surface area contributed by atoms with Crippen LogP contribution in [0.2, 0.25) is 0 Å². The molecule has 0 bridgehead atoms. The van der Waals surface area contributed by atoms with Gasteiger partial charge in [0.05, 0.1) is 12.5 Å². The van der Waals surface area contributed by atoms with Crippen molar-refractivity contribution in [3.05, 3.63) is 17.5 Å². The van der Waals surface area contributed by atoms with Crippen LogP contribution in [-0.4, -0.2) is 60.8 Å². The number of hydrogen-bond acceptors (Lipinski definition) is 8. The van der Waals surface area contributed by atoms with Crippen LogP contribution in [0.4, 0.5) is 0 Å². The number of nitrogens with one attached hydrogen (secondary N) is 1. The second kappa shape index (κ2) is 12.5. The van der Waals surface area contributed by atoms with Gasteiger partial charge in [-0.3, -0.25) is 19.6 Å². The van der Waals surface area contributed by atoms with Crippen LogP contribution in [-0.2, 0) is 29.0 Å². The normalized spacial score (nSPS) is 13.1. The van der Waals surface area contributed by atoms with Crippen LogP contribution >= 0.6 is 11.3 Å². The maximum absolute atomic E-state index is 13.1. The number of hydrogen-bond donors (Lipinski definition) is 2. The third kappa shape index (κ3) is 9.42. The number of sulfone groups is 1. The van der Waals surface area contributed by atoms with Crippen molar-refractivity contribution in [1.82, 2.24) is 10.4 Å². The molecule has 0 saturated carbocycles. The van der Waals surface area contributed by atoms with E-state index in [0.717, 1.165) is 11.3 Å². The quantitative estimate of drug-likeness (QED) is 0.240. The molecule has 0 aliphatic carbocycles. The van der Waals surface area contributed by atoms with Crippen LogP contribution in [0.5, 0.6) is 0 Å². The lowest BCUT2D eigenvalue weighted by Gasteiger charge is -2.34. The van der Waals surface area contributed by atoms with E-state index in [2.05, 4.69) is 0 Å². The van der Waals surface area contributed by atoms with Crippen molar-refractivity contribution in [2.24, 2.45) is 11.3 Å². The Labute approximate surface area is 200 Å². The maximum Gasteiger partial charge on any atom is 0.306 e. The molecule has 33 heavy (non-hydrogen) atoms. The summed E-state index contributed by atoms with van der Waals surface area (Å²) in [5, 5.41) is 9.06. The first-order valence-electron chi connectivity index (χ1n) is 10.9. The van der Waals surface area contributed by atoms with Crippen molar-refractivity contribution in [3.8, 4) is 0 Å². The minimum absolute atomic E-state index is 0.00762. The number of esters is 1. The molecule has 9 nitrogen and oxygen atoms in total. The highest BCUT2D eigenvalue weighted by molar-refractivity contribution is 7.94. The van der Waals surface area contributed by atoms with Crippen molar-refractivity contribution < 1.29 is 32.7 Å². The van der Waals surface area contributed by atoms with Crippen LogP contribution in [0.3, 0.4) is 0 Å². The molecule has 0 aliphatic rings. The number of ether oxygens (including phenoxy) is 1. The van der Waals surface area contributed by atoms with Gasteiger partial charge in [-0.05, 0) is 43.0 Å². The van der Waals surface area contributed by atoms with Crippen LogP contribution in [0.1, 0.15) is 60.8 Å². The second-order valence-corrected chi connectivity index (χ2v) is 12.8. The lowest BCUT2D eigenvalue weighted by atomic mass is 9.88. The molecule has 0 fully saturated rings. The van der Waals surface area contributed by atoms with E-state index in [4.69, 9.17) is 4.74 Å². The van der Waals surface area contributed by atoms with E-state index in [9.17, 15) is 28.0 Å². The van der Waals surface area contributed by atoms with Crippen LogP contribution in [0, 0.1) is 11.3 Å². The summed E-state index contributed by atoms with van der Waals surface area (Å²) in [7, 11) is -4.16. The van der Waals surface area contributed by atoms with E-state index in [1.807, 2.05) is 13.8 Å². The fourth-order valence-electron chi connectivity index (χ4n) is 3.25. The second-order valence-electron chi connectivity index (χ2n) is 9.53. The Hall–Kier alpha value is -1.98. The molecule has 0 unspecified atom stereocenters. The van der Waals surface area contributed by atoms with Crippen molar-refractivity contribution >= 4 is 39.0 Å². The van der Waals surface area contributed by atoms with E-state index in [-0.39, 0.29) is 41.5 Å². The minimum atomic E-state index is -4.16. The summed E-state index contributed by atoms with van der Waals surface area (Å²) in [6.45, 7) is 10.5. The zero-order valence-corrected chi connectivity index (χ0v) is 21.8. The van der Waals surface area contributed by atoms with E-state index in [1.165, 1.54) is 16.4 Å². The zero-order valence-electron chi connectivity index (χ0n) is 20.2. The van der Waals surface area contributed by atoms with Gasteiger partial charge in [0.25, 0.3) is 5.91 Å². The van der Waals surface area contributed by atoms with Crippen molar-refractivity contribution in [3.63, 3.8) is 0 Å². The maximum atomic E-state index is 13.1. The van der Waals surface area contributed by atoms with Crippen molar-refractivity contribution in [1.29, 1.82) is 0 Å². The summed E-state index contributed by atoms with van der Waals surface area (Å²) >= 11 is 0.949. The Morgan fingerprint density at radius 1 is 1.21 bits per heavy atom. The number of thiophene rings is 1. The van der Waals surface area contributed by atoms with Crippen molar-refractivity contribution in [2.45, 2.75) is 76.4 Å². The minimum Gasteiger partial charge on any atom is -0.463 e. The first-order valence-corrected chi connectivity index (χ1v) is 13.3. The first kappa shape index (κ1) is 29.1. The largest absolute Gasteiger partial charge is 0.463 e. The molecule has 0 aromatic carbocycles. The Kier molecular flexibility index (Phi) is 11.0.